The first-order chi connectivity index (χ1) is 10.7. The van der Waals surface area contributed by atoms with Crippen LogP contribution in [0.25, 0.3) is 0 Å². The first-order valence-corrected chi connectivity index (χ1v) is 9.10. The van der Waals surface area contributed by atoms with Crippen LogP contribution in [-0.2, 0) is 9.31 Å². The number of rotatable bonds is 1. The summed E-state index contributed by atoms with van der Waals surface area (Å²) in [5, 5.41) is 0. The lowest BCUT2D eigenvalue weighted by molar-refractivity contribution is 0.00578. The molecular formula is C18H31BFNO2. The van der Waals surface area contributed by atoms with Crippen LogP contribution in [0.2, 0.25) is 0 Å². The lowest BCUT2D eigenvalue weighted by Gasteiger charge is -2.46. The second-order valence-corrected chi connectivity index (χ2v) is 8.74. The van der Waals surface area contributed by atoms with Gasteiger partial charge in [-0.3, -0.25) is 0 Å². The molecular weight excluding hydrogens is 292 g/mol. The molecule has 5 heteroatoms. The van der Waals surface area contributed by atoms with E-state index in [-0.39, 0.29) is 11.1 Å². The Morgan fingerprint density at radius 3 is 2.26 bits per heavy atom. The molecule has 2 aliphatic heterocycles. The number of piperidine rings is 1. The van der Waals surface area contributed by atoms with E-state index < -0.39 is 18.3 Å². The van der Waals surface area contributed by atoms with Gasteiger partial charge in [0.25, 0.3) is 0 Å². The van der Waals surface area contributed by atoms with E-state index in [9.17, 15) is 0 Å². The topological polar surface area (TPSA) is 21.7 Å². The van der Waals surface area contributed by atoms with E-state index in [2.05, 4.69) is 11.9 Å². The highest BCUT2D eigenvalue weighted by Gasteiger charge is 2.55. The van der Waals surface area contributed by atoms with Crippen molar-refractivity contribution in [1.82, 2.24) is 4.90 Å². The zero-order chi connectivity index (χ0) is 16.9. The molecule has 1 atom stereocenters. The summed E-state index contributed by atoms with van der Waals surface area (Å²) in [6.45, 7) is 10.0. The lowest BCUT2D eigenvalue weighted by atomic mass is 9.62. The van der Waals surface area contributed by atoms with Crippen LogP contribution in [0.3, 0.4) is 0 Å². The Bertz CT molecular complexity index is 485. The van der Waals surface area contributed by atoms with Crippen molar-refractivity contribution in [2.24, 2.45) is 5.41 Å². The minimum absolute atomic E-state index is 0.00106. The van der Waals surface area contributed by atoms with Gasteiger partial charge in [-0.15, -0.1) is 0 Å². The van der Waals surface area contributed by atoms with E-state index in [0.29, 0.717) is 0 Å². The Hall–Kier alpha value is -0.385. The maximum absolute atomic E-state index is 15.4. The largest absolute Gasteiger partial charge is 0.525 e. The second-order valence-electron chi connectivity index (χ2n) is 8.74. The van der Waals surface area contributed by atoms with Crippen LogP contribution >= 0.6 is 0 Å². The van der Waals surface area contributed by atoms with Crippen LogP contribution in [0.5, 0.6) is 0 Å². The Balaban J connectivity index is 1.91. The Morgan fingerprint density at radius 1 is 1.04 bits per heavy atom. The van der Waals surface area contributed by atoms with Gasteiger partial charge in [-0.1, -0.05) is 6.42 Å². The molecule has 23 heavy (non-hydrogen) atoms. The SMILES string of the molecule is CN1CCCC2(CCCCC2=C(F)B2OC(C)(C)C(C)(C)O2)C1. The number of halogens is 1. The molecule has 0 aromatic rings. The minimum Gasteiger partial charge on any atom is -0.398 e. The molecule has 1 unspecified atom stereocenters. The summed E-state index contributed by atoms with van der Waals surface area (Å²) in [5.41, 5.74) is -0.132. The van der Waals surface area contributed by atoms with Crippen molar-refractivity contribution >= 4 is 7.12 Å². The fourth-order valence-electron chi connectivity index (χ4n) is 4.46. The van der Waals surface area contributed by atoms with Gasteiger partial charge < -0.3 is 14.2 Å². The Kier molecular flexibility index (Phi) is 4.44. The van der Waals surface area contributed by atoms with Gasteiger partial charge in [0.2, 0.25) is 0 Å². The summed E-state index contributed by atoms with van der Waals surface area (Å²) in [7, 11) is 1.32. The van der Waals surface area contributed by atoms with E-state index in [1.807, 2.05) is 27.7 Å². The molecule has 0 N–H and O–H groups in total. The first-order valence-electron chi connectivity index (χ1n) is 9.10. The summed E-state index contributed by atoms with van der Waals surface area (Å²) in [4.78, 5) is 2.35. The van der Waals surface area contributed by atoms with Gasteiger partial charge in [0, 0.05) is 12.0 Å². The maximum Gasteiger partial charge on any atom is 0.525 e. The van der Waals surface area contributed by atoms with Crippen LogP contribution in [0.4, 0.5) is 4.39 Å². The molecule has 2 saturated heterocycles. The zero-order valence-electron chi connectivity index (χ0n) is 15.4. The third-order valence-electron chi connectivity index (χ3n) is 6.49. The molecule has 0 bridgehead atoms. The molecule has 3 aliphatic rings. The normalized spacial score (nSPS) is 36.5. The summed E-state index contributed by atoms with van der Waals surface area (Å²) >= 11 is 0. The molecule has 130 valence electrons. The zero-order valence-corrected chi connectivity index (χ0v) is 15.4. The molecule has 0 aromatic heterocycles. The minimum atomic E-state index is -0.836. The molecule has 2 heterocycles. The second kappa shape index (κ2) is 5.85. The number of nitrogens with zero attached hydrogens (tertiary/aromatic N) is 1. The van der Waals surface area contributed by atoms with Gasteiger partial charge in [0.15, 0.2) is 0 Å². The van der Waals surface area contributed by atoms with Crippen molar-refractivity contribution < 1.29 is 13.7 Å². The van der Waals surface area contributed by atoms with Crippen molar-refractivity contribution in [2.75, 3.05) is 20.1 Å². The summed E-state index contributed by atoms with van der Waals surface area (Å²) in [5.74, 6) is 0. The number of likely N-dealkylation sites (tertiary alicyclic amines) is 1. The third kappa shape index (κ3) is 3.00. The van der Waals surface area contributed by atoms with E-state index in [4.69, 9.17) is 9.31 Å². The van der Waals surface area contributed by atoms with Crippen molar-refractivity contribution in [3.05, 3.63) is 11.3 Å². The van der Waals surface area contributed by atoms with Gasteiger partial charge in [-0.25, -0.2) is 4.39 Å². The van der Waals surface area contributed by atoms with E-state index in [0.717, 1.165) is 50.8 Å². The van der Waals surface area contributed by atoms with Crippen LogP contribution in [0.15, 0.2) is 11.3 Å². The quantitative estimate of drug-likeness (QED) is 0.677. The smallest absolute Gasteiger partial charge is 0.398 e. The molecule has 3 fully saturated rings. The summed E-state index contributed by atoms with van der Waals surface area (Å²) in [6, 6.07) is 0. The van der Waals surface area contributed by atoms with Crippen molar-refractivity contribution in [3.8, 4) is 0 Å². The average Bonchev–Trinajstić information content (AvgIpc) is 2.67. The van der Waals surface area contributed by atoms with Crippen LogP contribution in [0.1, 0.15) is 66.2 Å². The van der Waals surface area contributed by atoms with Gasteiger partial charge in [-0.05, 0) is 79.0 Å². The Labute approximate surface area is 140 Å². The summed E-state index contributed by atoms with van der Waals surface area (Å²) in [6.07, 6.45) is 6.47. The number of hydrogen-bond donors (Lipinski definition) is 0. The summed E-state index contributed by atoms with van der Waals surface area (Å²) < 4.78 is 27.4. The molecule has 1 saturated carbocycles. The first kappa shape index (κ1) is 17.4. The lowest BCUT2D eigenvalue weighted by Crippen LogP contribution is -2.44. The molecule has 0 aromatic carbocycles. The standard InChI is InChI=1S/C18H31BFNO2/c1-16(2)17(3,4)23-19(22-16)15(20)14-9-6-7-10-18(14)11-8-12-21(5)13-18/h6-13H2,1-5H3. The molecule has 1 aliphatic carbocycles. The highest BCUT2D eigenvalue weighted by molar-refractivity contribution is 6.53. The van der Waals surface area contributed by atoms with Crippen molar-refractivity contribution in [3.63, 3.8) is 0 Å². The predicted octanol–water partition coefficient (Wildman–Crippen LogP) is 4.13. The van der Waals surface area contributed by atoms with Gasteiger partial charge in [0.1, 0.15) is 5.73 Å². The maximum atomic E-state index is 15.4. The molecule has 1 spiro atoms. The van der Waals surface area contributed by atoms with Gasteiger partial charge in [-0.2, -0.15) is 0 Å². The van der Waals surface area contributed by atoms with Crippen molar-refractivity contribution in [1.29, 1.82) is 0 Å². The van der Waals surface area contributed by atoms with E-state index >= 15 is 4.39 Å². The monoisotopic (exact) mass is 323 g/mol. The number of hydrogen-bond acceptors (Lipinski definition) is 3. The van der Waals surface area contributed by atoms with Crippen LogP contribution in [0, 0.1) is 5.41 Å². The molecule has 0 radical (unpaired) electrons. The third-order valence-corrected chi connectivity index (χ3v) is 6.49. The highest BCUT2D eigenvalue weighted by atomic mass is 19.1. The highest BCUT2D eigenvalue weighted by Crippen LogP contribution is 2.50. The fourth-order valence-corrected chi connectivity index (χ4v) is 4.46. The average molecular weight is 323 g/mol. The molecule has 3 rings (SSSR count). The van der Waals surface area contributed by atoms with E-state index in [1.165, 1.54) is 6.42 Å². The van der Waals surface area contributed by atoms with E-state index in [1.54, 1.807) is 0 Å². The Morgan fingerprint density at radius 2 is 1.65 bits per heavy atom. The molecule has 3 nitrogen and oxygen atoms in total. The fraction of sp³-hybridized carbons (Fsp3) is 0.889. The predicted molar refractivity (Wildman–Crippen MR) is 91.8 cm³/mol. The van der Waals surface area contributed by atoms with Gasteiger partial charge in [0.05, 0.1) is 11.2 Å². The van der Waals surface area contributed by atoms with Gasteiger partial charge >= 0.3 is 7.12 Å². The molecule has 0 amide bonds. The van der Waals surface area contributed by atoms with Crippen LogP contribution in [-0.4, -0.2) is 43.4 Å². The van der Waals surface area contributed by atoms with Crippen LogP contribution < -0.4 is 0 Å². The van der Waals surface area contributed by atoms with Crippen molar-refractivity contribution in [2.45, 2.75) is 77.4 Å².